The summed E-state index contributed by atoms with van der Waals surface area (Å²) >= 11 is 0. The zero-order chi connectivity index (χ0) is 16.8. The van der Waals surface area contributed by atoms with Crippen LogP contribution < -0.4 is 5.32 Å². The number of carbonyl (C=O) groups excluding carboxylic acids is 1. The van der Waals surface area contributed by atoms with E-state index in [-0.39, 0.29) is 18.4 Å². The van der Waals surface area contributed by atoms with Gasteiger partial charge in [0.05, 0.1) is 6.54 Å². The number of amides is 1. The first-order chi connectivity index (χ1) is 11.7. The van der Waals surface area contributed by atoms with Crippen LogP contribution >= 0.6 is 0 Å². The molecule has 0 unspecified atom stereocenters. The fourth-order valence-corrected chi connectivity index (χ4v) is 2.64. The van der Waals surface area contributed by atoms with E-state index < -0.39 is 0 Å². The summed E-state index contributed by atoms with van der Waals surface area (Å²) in [4.78, 5) is 12.4. The monoisotopic (exact) mass is 321 g/mol. The van der Waals surface area contributed by atoms with Gasteiger partial charge in [0.2, 0.25) is 17.7 Å². The van der Waals surface area contributed by atoms with Crippen LogP contribution in [0.5, 0.6) is 0 Å². The average Bonchev–Trinajstić information content (AvgIpc) is 3.05. The zero-order valence-corrected chi connectivity index (χ0v) is 13.5. The minimum absolute atomic E-state index is 0.0109. The number of rotatable bonds is 6. The van der Waals surface area contributed by atoms with Crippen LogP contribution in [0.15, 0.2) is 65.1 Å². The molecule has 3 aromatic rings. The molecule has 24 heavy (non-hydrogen) atoms. The molecule has 1 aromatic heterocycles. The molecule has 2 aromatic carbocycles. The Bertz CT molecular complexity index is 745. The second kappa shape index (κ2) is 7.55. The highest BCUT2D eigenvalue weighted by molar-refractivity contribution is 5.77. The van der Waals surface area contributed by atoms with Crippen LogP contribution in [0, 0.1) is 6.92 Å². The van der Waals surface area contributed by atoms with E-state index in [2.05, 4.69) is 15.5 Å². The van der Waals surface area contributed by atoms with E-state index in [1.54, 1.807) is 6.92 Å². The number of nitrogens with one attached hydrogen (secondary N) is 1. The molecule has 0 atom stereocenters. The highest BCUT2D eigenvalue weighted by atomic mass is 16.4. The van der Waals surface area contributed by atoms with Crippen molar-refractivity contribution in [3.63, 3.8) is 0 Å². The van der Waals surface area contributed by atoms with Crippen LogP contribution in [0.2, 0.25) is 0 Å². The fraction of sp³-hybridized carbons (Fsp3) is 0.211. The van der Waals surface area contributed by atoms with Crippen molar-refractivity contribution >= 4 is 5.91 Å². The molecule has 3 rings (SSSR count). The van der Waals surface area contributed by atoms with Crippen molar-refractivity contribution in [3.8, 4) is 0 Å². The van der Waals surface area contributed by atoms with E-state index in [0.717, 1.165) is 11.1 Å². The molecule has 1 N–H and O–H groups in total. The molecule has 0 saturated heterocycles. The Morgan fingerprint density at radius 2 is 1.58 bits per heavy atom. The Morgan fingerprint density at radius 1 is 1.00 bits per heavy atom. The van der Waals surface area contributed by atoms with Gasteiger partial charge in [-0.3, -0.25) is 4.79 Å². The van der Waals surface area contributed by atoms with Crippen LogP contribution in [0.25, 0.3) is 0 Å². The molecule has 1 amide bonds. The summed E-state index contributed by atoms with van der Waals surface area (Å²) < 4.78 is 5.27. The van der Waals surface area contributed by atoms with E-state index in [0.29, 0.717) is 18.2 Å². The molecule has 0 radical (unpaired) electrons. The highest BCUT2D eigenvalue weighted by Crippen LogP contribution is 2.27. The molecule has 0 spiro atoms. The van der Waals surface area contributed by atoms with Crippen molar-refractivity contribution in [2.24, 2.45) is 0 Å². The second-order valence-corrected chi connectivity index (χ2v) is 5.57. The molecular formula is C19H19N3O2. The maximum atomic E-state index is 12.4. The quantitative estimate of drug-likeness (QED) is 0.757. The number of hydrogen-bond donors (Lipinski definition) is 1. The zero-order valence-electron chi connectivity index (χ0n) is 13.5. The fourth-order valence-electron chi connectivity index (χ4n) is 2.64. The number of benzene rings is 2. The smallest absolute Gasteiger partial charge is 0.235 e. The summed E-state index contributed by atoms with van der Waals surface area (Å²) in [5.41, 5.74) is 2.24. The lowest BCUT2D eigenvalue weighted by Gasteiger charge is -2.17. The van der Waals surface area contributed by atoms with E-state index in [1.807, 2.05) is 60.7 Å². The van der Waals surface area contributed by atoms with Gasteiger partial charge in [0.15, 0.2) is 0 Å². The number of carbonyl (C=O) groups is 1. The summed E-state index contributed by atoms with van der Waals surface area (Å²) in [5.74, 6) is 0.864. The van der Waals surface area contributed by atoms with E-state index in [1.165, 1.54) is 0 Å². The minimum atomic E-state index is -0.0523. The van der Waals surface area contributed by atoms with Crippen molar-refractivity contribution in [2.75, 3.05) is 0 Å². The summed E-state index contributed by atoms with van der Waals surface area (Å²) in [5, 5.41) is 10.5. The number of aromatic nitrogens is 2. The lowest BCUT2D eigenvalue weighted by molar-refractivity contribution is -0.121. The SMILES string of the molecule is Cc1nnc(CNC(=O)CC(c2ccccc2)c2ccccc2)o1. The van der Waals surface area contributed by atoms with E-state index in [9.17, 15) is 4.79 Å². The van der Waals surface area contributed by atoms with Gasteiger partial charge in [-0.25, -0.2) is 0 Å². The van der Waals surface area contributed by atoms with Crippen molar-refractivity contribution in [2.45, 2.75) is 25.8 Å². The maximum Gasteiger partial charge on any atom is 0.235 e. The van der Waals surface area contributed by atoms with Gasteiger partial charge >= 0.3 is 0 Å². The van der Waals surface area contributed by atoms with Crippen LogP contribution in [0.3, 0.4) is 0 Å². The average molecular weight is 321 g/mol. The largest absolute Gasteiger partial charge is 0.424 e. The summed E-state index contributed by atoms with van der Waals surface area (Å²) in [6, 6.07) is 20.1. The second-order valence-electron chi connectivity index (χ2n) is 5.57. The van der Waals surface area contributed by atoms with Gasteiger partial charge < -0.3 is 9.73 Å². The molecule has 0 saturated carbocycles. The van der Waals surface area contributed by atoms with Gasteiger partial charge in [-0.2, -0.15) is 0 Å². The number of aryl methyl sites for hydroxylation is 1. The summed E-state index contributed by atoms with van der Waals surface area (Å²) in [6.07, 6.45) is 0.362. The minimum Gasteiger partial charge on any atom is -0.424 e. The molecule has 0 bridgehead atoms. The predicted molar refractivity (Wildman–Crippen MR) is 90.2 cm³/mol. The van der Waals surface area contributed by atoms with Crippen molar-refractivity contribution < 1.29 is 9.21 Å². The van der Waals surface area contributed by atoms with Crippen molar-refractivity contribution in [3.05, 3.63) is 83.6 Å². The van der Waals surface area contributed by atoms with Crippen molar-refractivity contribution in [1.29, 1.82) is 0 Å². The van der Waals surface area contributed by atoms with Gasteiger partial charge in [0.1, 0.15) is 0 Å². The summed E-state index contributed by atoms with van der Waals surface area (Å²) in [6.45, 7) is 1.97. The molecule has 0 aliphatic rings. The normalized spacial score (nSPS) is 10.8. The van der Waals surface area contributed by atoms with Gasteiger partial charge in [-0.05, 0) is 11.1 Å². The van der Waals surface area contributed by atoms with Gasteiger partial charge in [-0.1, -0.05) is 60.7 Å². The molecular weight excluding hydrogens is 302 g/mol. The third kappa shape index (κ3) is 4.07. The Morgan fingerprint density at radius 3 is 2.08 bits per heavy atom. The molecule has 122 valence electrons. The lowest BCUT2D eigenvalue weighted by Crippen LogP contribution is -2.25. The van der Waals surface area contributed by atoms with Crippen molar-refractivity contribution in [1.82, 2.24) is 15.5 Å². The van der Waals surface area contributed by atoms with Crippen LogP contribution in [-0.4, -0.2) is 16.1 Å². The standard InChI is InChI=1S/C19H19N3O2/c1-14-21-22-19(24-14)13-20-18(23)12-17(15-8-4-2-5-9-15)16-10-6-3-7-11-16/h2-11,17H,12-13H2,1H3,(H,20,23). The van der Waals surface area contributed by atoms with Gasteiger partial charge in [-0.15, -0.1) is 10.2 Å². The maximum absolute atomic E-state index is 12.4. The molecule has 0 aliphatic carbocycles. The summed E-state index contributed by atoms with van der Waals surface area (Å²) in [7, 11) is 0. The van der Waals surface area contributed by atoms with Crippen LogP contribution in [0.1, 0.15) is 35.2 Å². The molecule has 5 nitrogen and oxygen atoms in total. The Labute approximate surface area is 140 Å². The predicted octanol–water partition coefficient (Wildman–Crippen LogP) is 3.22. The van der Waals surface area contributed by atoms with Gasteiger partial charge in [0.25, 0.3) is 0 Å². The first kappa shape index (κ1) is 15.9. The Hall–Kier alpha value is -2.95. The molecule has 5 heteroatoms. The molecule has 0 fully saturated rings. The van der Waals surface area contributed by atoms with Gasteiger partial charge in [0, 0.05) is 19.3 Å². The van der Waals surface area contributed by atoms with E-state index >= 15 is 0 Å². The molecule has 1 heterocycles. The number of hydrogen-bond acceptors (Lipinski definition) is 4. The molecule has 0 aliphatic heterocycles. The van der Waals surface area contributed by atoms with E-state index in [4.69, 9.17) is 4.42 Å². The third-order valence-electron chi connectivity index (χ3n) is 3.80. The number of nitrogens with zero attached hydrogens (tertiary/aromatic N) is 2. The topological polar surface area (TPSA) is 68.0 Å². The Kier molecular flexibility index (Phi) is 5.01. The first-order valence-corrected chi connectivity index (χ1v) is 7.88. The highest BCUT2D eigenvalue weighted by Gasteiger charge is 2.18. The van der Waals surface area contributed by atoms with Crippen LogP contribution in [-0.2, 0) is 11.3 Å². The first-order valence-electron chi connectivity index (χ1n) is 7.88. The Balaban J connectivity index is 1.71. The van der Waals surface area contributed by atoms with Crippen LogP contribution in [0.4, 0.5) is 0 Å². The third-order valence-corrected chi connectivity index (χ3v) is 3.80. The lowest BCUT2D eigenvalue weighted by atomic mass is 9.88.